The molecule has 1 atom stereocenters. The number of hydrogen-bond donors (Lipinski definition) is 3. The first-order chi connectivity index (χ1) is 11.1. The Morgan fingerprint density at radius 3 is 2.48 bits per heavy atom. The molecule has 1 aromatic heterocycles. The van der Waals surface area contributed by atoms with Crippen molar-refractivity contribution in [1.29, 1.82) is 0 Å². The fourth-order valence-electron chi connectivity index (χ4n) is 1.97. The van der Waals surface area contributed by atoms with Crippen molar-refractivity contribution in [3.05, 3.63) is 42.6 Å². The minimum Gasteiger partial charge on any atom is -0.494 e. The SMILES string of the molecule is CCOc1ccc(Nc2ccc(NC(=O)CC(C)O)cn2)cc1. The first-order valence-electron chi connectivity index (χ1n) is 7.50. The number of nitrogens with one attached hydrogen (secondary N) is 2. The molecule has 1 aromatic carbocycles. The van der Waals surface area contributed by atoms with Crippen LogP contribution in [0.2, 0.25) is 0 Å². The van der Waals surface area contributed by atoms with Crippen LogP contribution >= 0.6 is 0 Å². The molecule has 3 N–H and O–H groups in total. The van der Waals surface area contributed by atoms with E-state index in [2.05, 4.69) is 15.6 Å². The molecule has 23 heavy (non-hydrogen) atoms. The van der Waals surface area contributed by atoms with Crippen LogP contribution in [0.3, 0.4) is 0 Å². The van der Waals surface area contributed by atoms with Gasteiger partial charge in [-0.1, -0.05) is 0 Å². The van der Waals surface area contributed by atoms with E-state index < -0.39 is 6.10 Å². The van der Waals surface area contributed by atoms with Gasteiger partial charge in [-0.3, -0.25) is 4.79 Å². The molecule has 0 aliphatic heterocycles. The molecule has 2 rings (SSSR count). The molecule has 0 radical (unpaired) electrons. The molecule has 1 unspecified atom stereocenters. The number of hydrogen-bond acceptors (Lipinski definition) is 5. The van der Waals surface area contributed by atoms with E-state index in [1.807, 2.05) is 31.2 Å². The summed E-state index contributed by atoms with van der Waals surface area (Å²) >= 11 is 0. The number of benzene rings is 1. The lowest BCUT2D eigenvalue weighted by atomic mass is 10.2. The summed E-state index contributed by atoms with van der Waals surface area (Å²) in [6, 6.07) is 11.1. The van der Waals surface area contributed by atoms with Gasteiger partial charge < -0.3 is 20.5 Å². The summed E-state index contributed by atoms with van der Waals surface area (Å²) in [6.45, 7) is 4.15. The Balaban J connectivity index is 1.93. The molecule has 122 valence electrons. The predicted octanol–water partition coefficient (Wildman–Crippen LogP) is 2.93. The number of nitrogens with zero attached hydrogens (tertiary/aromatic N) is 1. The Hall–Kier alpha value is -2.60. The summed E-state index contributed by atoms with van der Waals surface area (Å²) < 4.78 is 5.39. The number of ether oxygens (including phenoxy) is 1. The van der Waals surface area contributed by atoms with Gasteiger partial charge in [0, 0.05) is 5.69 Å². The van der Waals surface area contributed by atoms with E-state index in [1.165, 1.54) is 0 Å². The zero-order valence-electron chi connectivity index (χ0n) is 13.2. The number of pyridine rings is 1. The minimum absolute atomic E-state index is 0.0617. The monoisotopic (exact) mass is 315 g/mol. The van der Waals surface area contributed by atoms with Gasteiger partial charge in [0.05, 0.1) is 31.0 Å². The first kappa shape index (κ1) is 16.8. The summed E-state index contributed by atoms with van der Waals surface area (Å²) in [5.74, 6) is 1.25. The fourth-order valence-corrected chi connectivity index (χ4v) is 1.97. The molecule has 0 bridgehead atoms. The summed E-state index contributed by atoms with van der Waals surface area (Å²) in [5, 5.41) is 15.0. The van der Waals surface area contributed by atoms with E-state index in [-0.39, 0.29) is 12.3 Å². The number of carbonyl (C=O) groups is 1. The molecule has 2 aromatic rings. The lowest BCUT2D eigenvalue weighted by molar-refractivity contribution is -0.117. The zero-order valence-corrected chi connectivity index (χ0v) is 13.2. The standard InChI is InChI=1S/C17H21N3O3/c1-3-23-15-7-4-13(5-8-15)19-16-9-6-14(11-18-16)20-17(22)10-12(2)21/h4-9,11-12,21H,3,10H2,1-2H3,(H,18,19)(H,20,22). The molecule has 6 nitrogen and oxygen atoms in total. The largest absolute Gasteiger partial charge is 0.494 e. The van der Waals surface area contributed by atoms with Crippen LogP contribution in [0.5, 0.6) is 5.75 Å². The van der Waals surface area contributed by atoms with Crippen LogP contribution in [0.25, 0.3) is 0 Å². The maximum absolute atomic E-state index is 11.6. The normalized spacial score (nSPS) is 11.6. The molecule has 1 heterocycles. The molecule has 0 saturated heterocycles. The van der Waals surface area contributed by atoms with E-state index in [0.29, 0.717) is 18.1 Å². The second-order valence-corrected chi connectivity index (χ2v) is 5.12. The fraction of sp³-hybridized carbons (Fsp3) is 0.294. The molecule has 0 aliphatic rings. The molecule has 0 aliphatic carbocycles. The van der Waals surface area contributed by atoms with Gasteiger partial charge in [0.1, 0.15) is 11.6 Å². The third kappa shape index (κ3) is 5.60. The Morgan fingerprint density at radius 2 is 1.91 bits per heavy atom. The number of aliphatic hydroxyl groups excluding tert-OH is 1. The van der Waals surface area contributed by atoms with Gasteiger partial charge in [-0.05, 0) is 50.2 Å². The van der Waals surface area contributed by atoms with Crippen molar-refractivity contribution < 1.29 is 14.6 Å². The van der Waals surface area contributed by atoms with Crippen LogP contribution in [-0.4, -0.2) is 28.7 Å². The molecule has 1 amide bonds. The number of anilines is 3. The maximum Gasteiger partial charge on any atom is 0.227 e. The third-order valence-corrected chi connectivity index (χ3v) is 2.97. The van der Waals surface area contributed by atoms with Gasteiger partial charge in [-0.2, -0.15) is 0 Å². The van der Waals surface area contributed by atoms with Gasteiger partial charge in [0.2, 0.25) is 5.91 Å². The van der Waals surface area contributed by atoms with Gasteiger partial charge in [-0.15, -0.1) is 0 Å². The van der Waals surface area contributed by atoms with Crippen molar-refractivity contribution in [2.45, 2.75) is 26.4 Å². The quantitative estimate of drug-likeness (QED) is 0.731. The summed E-state index contributed by atoms with van der Waals surface area (Å²) in [5.41, 5.74) is 1.49. The van der Waals surface area contributed by atoms with Crippen LogP contribution in [0.15, 0.2) is 42.6 Å². The number of aromatic nitrogens is 1. The van der Waals surface area contributed by atoms with Crippen LogP contribution in [0, 0.1) is 0 Å². The van der Waals surface area contributed by atoms with Crippen molar-refractivity contribution in [3.63, 3.8) is 0 Å². The average molecular weight is 315 g/mol. The summed E-state index contributed by atoms with van der Waals surface area (Å²) in [6.07, 6.45) is 0.965. The average Bonchev–Trinajstić information content (AvgIpc) is 2.51. The Bertz CT molecular complexity index is 625. The molecule has 0 spiro atoms. The Kier molecular flexibility index (Phi) is 5.94. The third-order valence-electron chi connectivity index (χ3n) is 2.97. The van der Waals surface area contributed by atoms with Crippen LogP contribution in [0.4, 0.5) is 17.2 Å². The molecule has 0 saturated carbocycles. The smallest absolute Gasteiger partial charge is 0.227 e. The second-order valence-electron chi connectivity index (χ2n) is 5.12. The lowest BCUT2D eigenvalue weighted by Gasteiger charge is -2.09. The summed E-state index contributed by atoms with van der Waals surface area (Å²) in [7, 11) is 0. The Labute approximate surface area is 135 Å². The highest BCUT2D eigenvalue weighted by Crippen LogP contribution is 2.19. The van der Waals surface area contributed by atoms with Crippen molar-refractivity contribution in [3.8, 4) is 5.75 Å². The van der Waals surface area contributed by atoms with Gasteiger partial charge in [-0.25, -0.2) is 4.98 Å². The first-order valence-corrected chi connectivity index (χ1v) is 7.50. The van der Waals surface area contributed by atoms with Crippen molar-refractivity contribution in [2.24, 2.45) is 0 Å². The van der Waals surface area contributed by atoms with Gasteiger partial charge >= 0.3 is 0 Å². The number of amides is 1. The highest BCUT2D eigenvalue weighted by Gasteiger charge is 2.06. The lowest BCUT2D eigenvalue weighted by Crippen LogP contribution is -2.17. The molecule has 6 heteroatoms. The van der Waals surface area contributed by atoms with Crippen LogP contribution < -0.4 is 15.4 Å². The maximum atomic E-state index is 11.6. The highest BCUT2D eigenvalue weighted by atomic mass is 16.5. The molecular weight excluding hydrogens is 294 g/mol. The second kappa shape index (κ2) is 8.14. The summed E-state index contributed by atoms with van der Waals surface area (Å²) in [4.78, 5) is 15.8. The van der Waals surface area contributed by atoms with Crippen molar-refractivity contribution in [2.75, 3.05) is 17.2 Å². The van der Waals surface area contributed by atoms with Gasteiger partial charge in [0.15, 0.2) is 0 Å². The number of aliphatic hydroxyl groups is 1. The minimum atomic E-state index is -0.663. The van der Waals surface area contributed by atoms with Crippen molar-refractivity contribution in [1.82, 2.24) is 4.98 Å². The molecular formula is C17H21N3O3. The highest BCUT2D eigenvalue weighted by molar-refractivity contribution is 5.90. The van der Waals surface area contributed by atoms with E-state index in [4.69, 9.17) is 9.84 Å². The van der Waals surface area contributed by atoms with Crippen molar-refractivity contribution >= 4 is 23.1 Å². The van der Waals surface area contributed by atoms with E-state index in [9.17, 15) is 4.79 Å². The topological polar surface area (TPSA) is 83.5 Å². The zero-order chi connectivity index (χ0) is 16.7. The van der Waals surface area contributed by atoms with Crippen LogP contribution in [0.1, 0.15) is 20.3 Å². The van der Waals surface area contributed by atoms with E-state index in [1.54, 1.807) is 25.3 Å². The molecule has 0 fully saturated rings. The Morgan fingerprint density at radius 1 is 1.22 bits per heavy atom. The van der Waals surface area contributed by atoms with Crippen LogP contribution in [-0.2, 0) is 4.79 Å². The predicted molar refractivity (Wildman–Crippen MR) is 90.1 cm³/mol. The van der Waals surface area contributed by atoms with E-state index in [0.717, 1.165) is 11.4 Å². The van der Waals surface area contributed by atoms with E-state index >= 15 is 0 Å². The number of carbonyl (C=O) groups excluding carboxylic acids is 1. The number of rotatable bonds is 7. The van der Waals surface area contributed by atoms with Gasteiger partial charge in [0.25, 0.3) is 0 Å².